The van der Waals surface area contributed by atoms with Gasteiger partial charge in [0.25, 0.3) is 0 Å². The first kappa shape index (κ1) is 22.6. The lowest BCUT2D eigenvalue weighted by atomic mass is 10.1. The van der Waals surface area contributed by atoms with Gasteiger partial charge in [-0.25, -0.2) is 9.67 Å². The van der Waals surface area contributed by atoms with E-state index in [9.17, 15) is 4.79 Å². The zero-order chi connectivity index (χ0) is 24.7. The van der Waals surface area contributed by atoms with Crippen molar-refractivity contribution in [3.63, 3.8) is 0 Å². The van der Waals surface area contributed by atoms with Gasteiger partial charge >= 0.3 is 0 Å². The number of carbonyl (C=O) groups excluding carboxylic acids is 1. The molecule has 0 atom stereocenters. The van der Waals surface area contributed by atoms with Crippen LogP contribution in [0.2, 0.25) is 0 Å². The van der Waals surface area contributed by atoms with Gasteiger partial charge in [0.1, 0.15) is 12.3 Å². The number of methoxy groups -OCH3 is 1. The van der Waals surface area contributed by atoms with Gasteiger partial charge < -0.3 is 20.3 Å². The minimum atomic E-state index is 0.0521. The summed E-state index contributed by atoms with van der Waals surface area (Å²) in [5, 5.41) is 16.4. The number of fused-ring (bicyclic) bond motifs is 1. The first-order chi connectivity index (χ1) is 16.8. The molecule has 1 aliphatic rings. The summed E-state index contributed by atoms with van der Waals surface area (Å²) in [5.74, 6) is 2.48. The predicted octanol–water partition coefficient (Wildman–Crippen LogP) is 3.29. The van der Waals surface area contributed by atoms with Gasteiger partial charge in [0.2, 0.25) is 11.9 Å². The minimum absolute atomic E-state index is 0.0521. The first-order valence-electron chi connectivity index (χ1n) is 11.5. The fourth-order valence-corrected chi connectivity index (χ4v) is 4.10. The van der Waals surface area contributed by atoms with E-state index < -0.39 is 0 Å². The SMILES string of the molecule is COc1ccc(C)c(Nc2nn(C)c3nc(Nc4ccn(CC(=O)N(C)C5CC5)n4)ncc23)c1C. The van der Waals surface area contributed by atoms with Crippen molar-refractivity contribution in [1.82, 2.24) is 34.4 Å². The molecule has 11 nitrogen and oxygen atoms in total. The van der Waals surface area contributed by atoms with Crippen LogP contribution in [0.5, 0.6) is 5.75 Å². The second-order valence-electron chi connectivity index (χ2n) is 8.87. The minimum Gasteiger partial charge on any atom is -0.496 e. The monoisotopic (exact) mass is 475 g/mol. The number of amides is 1. The molecule has 1 aliphatic carbocycles. The summed E-state index contributed by atoms with van der Waals surface area (Å²) in [7, 11) is 5.35. The van der Waals surface area contributed by atoms with Gasteiger partial charge in [-0.1, -0.05) is 6.07 Å². The summed E-state index contributed by atoms with van der Waals surface area (Å²) >= 11 is 0. The Morgan fingerprint density at radius 3 is 2.74 bits per heavy atom. The highest BCUT2D eigenvalue weighted by Gasteiger charge is 2.29. The van der Waals surface area contributed by atoms with Gasteiger partial charge in [0, 0.05) is 49.8 Å². The van der Waals surface area contributed by atoms with Crippen molar-refractivity contribution in [3.05, 3.63) is 41.7 Å². The lowest BCUT2D eigenvalue weighted by molar-refractivity contribution is -0.131. The van der Waals surface area contributed by atoms with Crippen LogP contribution in [0.25, 0.3) is 11.0 Å². The van der Waals surface area contributed by atoms with Crippen molar-refractivity contribution in [1.29, 1.82) is 0 Å². The average Bonchev–Trinajstić information content (AvgIpc) is 3.53. The van der Waals surface area contributed by atoms with E-state index in [1.807, 2.05) is 40.1 Å². The number of aromatic nitrogens is 6. The van der Waals surface area contributed by atoms with Crippen LogP contribution < -0.4 is 15.4 Å². The smallest absolute Gasteiger partial charge is 0.244 e. The number of nitrogens with zero attached hydrogens (tertiary/aromatic N) is 7. The first-order valence-corrected chi connectivity index (χ1v) is 11.5. The number of anilines is 4. The lowest BCUT2D eigenvalue weighted by Crippen LogP contribution is -2.32. The second kappa shape index (κ2) is 8.90. The molecule has 0 saturated heterocycles. The van der Waals surface area contributed by atoms with Crippen molar-refractivity contribution in [2.75, 3.05) is 24.8 Å². The Morgan fingerprint density at radius 1 is 1.20 bits per heavy atom. The summed E-state index contributed by atoms with van der Waals surface area (Å²) in [6, 6.07) is 6.14. The van der Waals surface area contributed by atoms with Crippen LogP contribution in [0.3, 0.4) is 0 Å². The number of hydrogen-bond donors (Lipinski definition) is 2. The van der Waals surface area contributed by atoms with E-state index in [0.29, 0.717) is 29.3 Å². The predicted molar refractivity (Wildman–Crippen MR) is 133 cm³/mol. The molecular formula is C24H29N9O2. The summed E-state index contributed by atoms with van der Waals surface area (Å²) in [5.41, 5.74) is 3.70. The molecule has 2 N–H and O–H groups in total. The average molecular weight is 476 g/mol. The molecule has 1 saturated carbocycles. The lowest BCUT2D eigenvalue weighted by Gasteiger charge is -2.15. The Balaban J connectivity index is 1.34. The van der Waals surface area contributed by atoms with E-state index in [2.05, 4.69) is 30.8 Å². The Hall–Kier alpha value is -4.15. The molecule has 1 fully saturated rings. The van der Waals surface area contributed by atoms with Crippen molar-refractivity contribution < 1.29 is 9.53 Å². The molecule has 0 aliphatic heterocycles. The maximum atomic E-state index is 12.4. The van der Waals surface area contributed by atoms with Crippen LogP contribution in [-0.2, 0) is 18.4 Å². The van der Waals surface area contributed by atoms with Crippen LogP contribution in [-0.4, -0.2) is 60.5 Å². The third kappa shape index (κ3) is 4.48. The van der Waals surface area contributed by atoms with Gasteiger partial charge in [-0.15, -0.1) is 0 Å². The topological polar surface area (TPSA) is 115 Å². The summed E-state index contributed by atoms with van der Waals surface area (Å²) in [6.45, 7) is 4.25. The molecule has 1 amide bonds. The van der Waals surface area contributed by atoms with Crippen LogP contribution >= 0.6 is 0 Å². The number of aryl methyl sites for hydroxylation is 2. The number of rotatable bonds is 8. The molecule has 3 aromatic heterocycles. The summed E-state index contributed by atoms with van der Waals surface area (Å²) < 4.78 is 8.79. The largest absolute Gasteiger partial charge is 0.496 e. The van der Waals surface area contributed by atoms with E-state index in [-0.39, 0.29) is 12.5 Å². The molecule has 0 bridgehead atoms. The molecule has 182 valence electrons. The molecular weight excluding hydrogens is 446 g/mol. The summed E-state index contributed by atoms with van der Waals surface area (Å²) in [4.78, 5) is 23.2. The third-order valence-electron chi connectivity index (χ3n) is 6.33. The van der Waals surface area contributed by atoms with Gasteiger partial charge in [0.15, 0.2) is 17.3 Å². The molecule has 35 heavy (non-hydrogen) atoms. The van der Waals surface area contributed by atoms with Crippen LogP contribution in [0, 0.1) is 13.8 Å². The Bertz CT molecular complexity index is 1400. The fraction of sp³-hybridized carbons (Fsp3) is 0.375. The number of hydrogen-bond acceptors (Lipinski definition) is 8. The molecule has 4 aromatic rings. The maximum absolute atomic E-state index is 12.4. The number of ether oxygens (including phenoxy) is 1. The molecule has 0 unspecified atom stereocenters. The molecule has 5 rings (SSSR count). The quantitative estimate of drug-likeness (QED) is 0.399. The Kier molecular flexibility index (Phi) is 5.75. The number of nitrogens with one attached hydrogen (secondary N) is 2. The number of likely N-dealkylation sites (N-methyl/N-ethyl adjacent to an activating group) is 1. The van der Waals surface area contributed by atoms with Crippen molar-refractivity contribution >= 4 is 40.2 Å². The summed E-state index contributed by atoms with van der Waals surface area (Å²) in [6.07, 6.45) is 5.66. The fourth-order valence-electron chi connectivity index (χ4n) is 4.10. The van der Waals surface area contributed by atoms with Crippen LogP contribution in [0.4, 0.5) is 23.3 Å². The van der Waals surface area contributed by atoms with Crippen molar-refractivity contribution in [2.45, 2.75) is 39.3 Å². The maximum Gasteiger partial charge on any atom is 0.244 e. The second-order valence-corrected chi connectivity index (χ2v) is 8.87. The van der Waals surface area contributed by atoms with Gasteiger partial charge in [-0.2, -0.15) is 15.2 Å². The number of benzene rings is 1. The van der Waals surface area contributed by atoms with Crippen LogP contribution in [0.1, 0.15) is 24.0 Å². The number of carbonyl (C=O) groups is 1. The van der Waals surface area contributed by atoms with E-state index in [0.717, 1.165) is 40.8 Å². The highest BCUT2D eigenvalue weighted by atomic mass is 16.5. The standard InChI is InChI=1S/C24H29N9O2/c1-14-6-9-18(35-5)15(2)21(14)27-22-17-12-25-24(28-23(17)32(4)30-22)26-19-10-11-33(29-19)13-20(34)31(3)16-7-8-16/h6,9-12,16H,7-8,13H2,1-5H3,(H,27,30)(H,25,26,28,29). The van der Waals surface area contributed by atoms with Gasteiger partial charge in [-0.05, 0) is 38.3 Å². The van der Waals surface area contributed by atoms with Crippen LogP contribution in [0.15, 0.2) is 30.6 Å². The normalized spacial score (nSPS) is 13.2. The van der Waals surface area contributed by atoms with E-state index in [1.54, 1.807) is 39.8 Å². The Labute approximate surface area is 203 Å². The van der Waals surface area contributed by atoms with Gasteiger partial charge in [-0.3, -0.25) is 9.48 Å². The van der Waals surface area contributed by atoms with E-state index in [1.165, 1.54) is 0 Å². The Morgan fingerprint density at radius 2 is 2.00 bits per heavy atom. The van der Waals surface area contributed by atoms with E-state index >= 15 is 0 Å². The highest BCUT2D eigenvalue weighted by Crippen LogP contribution is 2.33. The molecule has 0 radical (unpaired) electrons. The van der Waals surface area contributed by atoms with Crippen molar-refractivity contribution in [2.24, 2.45) is 7.05 Å². The molecule has 0 spiro atoms. The van der Waals surface area contributed by atoms with Crippen molar-refractivity contribution in [3.8, 4) is 5.75 Å². The highest BCUT2D eigenvalue weighted by molar-refractivity contribution is 5.90. The van der Waals surface area contributed by atoms with Gasteiger partial charge in [0.05, 0.1) is 12.5 Å². The molecule has 11 heteroatoms. The molecule has 3 heterocycles. The van der Waals surface area contributed by atoms with E-state index in [4.69, 9.17) is 4.74 Å². The zero-order valence-electron chi connectivity index (χ0n) is 20.5. The zero-order valence-corrected chi connectivity index (χ0v) is 20.5. The third-order valence-corrected chi connectivity index (χ3v) is 6.33. The molecule has 1 aromatic carbocycles.